The van der Waals surface area contributed by atoms with E-state index in [4.69, 9.17) is 16.3 Å². The third-order valence-corrected chi connectivity index (χ3v) is 3.53. The van der Waals surface area contributed by atoms with Crippen LogP contribution in [0, 0.1) is 6.92 Å². The Kier molecular flexibility index (Phi) is 6.38. The van der Waals surface area contributed by atoms with E-state index in [1.807, 2.05) is 25.1 Å². The maximum atomic E-state index is 11.9. The molecular formula is C17H20ClN3O2. The van der Waals surface area contributed by atoms with Gasteiger partial charge in [-0.05, 0) is 43.2 Å². The van der Waals surface area contributed by atoms with Crippen molar-refractivity contribution in [1.82, 2.24) is 10.3 Å². The number of halogens is 1. The molecule has 1 heterocycles. The highest BCUT2D eigenvalue weighted by molar-refractivity contribution is 6.30. The van der Waals surface area contributed by atoms with E-state index >= 15 is 0 Å². The average molecular weight is 334 g/mol. The molecule has 122 valence electrons. The monoisotopic (exact) mass is 333 g/mol. The largest absolute Gasteiger partial charge is 0.385 e. The van der Waals surface area contributed by atoms with Crippen molar-refractivity contribution in [2.45, 2.75) is 13.3 Å². The van der Waals surface area contributed by atoms with Crippen molar-refractivity contribution in [2.75, 3.05) is 25.6 Å². The Labute approximate surface area is 141 Å². The molecular weight excluding hydrogens is 314 g/mol. The van der Waals surface area contributed by atoms with Gasteiger partial charge in [-0.15, -0.1) is 0 Å². The number of nitrogens with one attached hydrogen (secondary N) is 2. The zero-order valence-corrected chi connectivity index (χ0v) is 14.0. The average Bonchev–Trinajstić information content (AvgIpc) is 2.55. The number of benzene rings is 1. The van der Waals surface area contributed by atoms with Crippen LogP contribution >= 0.6 is 11.6 Å². The zero-order valence-electron chi connectivity index (χ0n) is 13.2. The molecule has 0 bridgehead atoms. The van der Waals surface area contributed by atoms with Crippen molar-refractivity contribution in [3.63, 3.8) is 0 Å². The van der Waals surface area contributed by atoms with Crippen LogP contribution in [0.3, 0.4) is 0 Å². The van der Waals surface area contributed by atoms with Crippen LogP contribution in [0.1, 0.15) is 22.3 Å². The van der Waals surface area contributed by atoms with E-state index in [0.717, 1.165) is 17.7 Å². The van der Waals surface area contributed by atoms with Gasteiger partial charge in [-0.1, -0.05) is 17.7 Å². The van der Waals surface area contributed by atoms with Crippen molar-refractivity contribution >= 4 is 29.0 Å². The summed E-state index contributed by atoms with van der Waals surface area (Å²) in [7, 11) is 1.64. The quantitative estimate of drug-likeness (QED) is 0.760. The number of rotatable bonds is 7. The van der Waals surface area contributed by atoms with E-state index in [0.29, 0.717) is 29.6 Å². The van der Waals surface area contributed by atoms with Crippen molar-refractivity contribution < 1.29 is 9.53 Å². The van der Waals surface area contributed by atoms with Gasteiger partial charge in [0.2, 0.25) is 0 Å². The predicted molar refractivity (Wildman–Crippen MR) is 92.5 cm³/mol. The van der Waals surface area contributed by atoms with E-state index in [1.54, 1.807) is 25.4 Å². The normalized spacial score (nSPS) is 10.4. The molecule has 0 aliphatic rings. The molecule has 0 spiro atoms. The van der Waals surface area contributed by atoms with E-state index in [1.165, 1.54) is 0 Å². The summed E-state index contributed by atoms with van der Waals surface area (Å²) < 4.78 is 4.94. The minimum absolute atomic E-state index is 0.140. The summed E-state index contributed by atoms with van der Waals surface area (Å²) >= 11 is 6.00. The Morgan fingerprint density at radius 2 is 2.13 bits per heavy atom. The Morgan fingerprint density at radius 3 is 2.83 bits per heavy atom. The second-order valence-corrected chi connectivity index (χ2v) is 5.56. The van der Waals surface area contributed by atoms with Crippen LogP contribution < -0.4 is 10.6 Å². The van der Waals surface area contributed by atoms with Gasteiger partial charge in [-0.3, -0.25) is 4.79 Å². The molecule has 2 N–H and O–H groups in total. The fourth-order valence-corrected chi connectivity index (χ4v) is 2.16. The van der Waals surface area contributed by atoms with Gasteiger partial charge < -0.3 is 15.4 Å². The Hall–Kier alpha value is -2.11. The number of ether oxygens (including phenoxy) is 1. The summed E-state index contributed by atoms with van der Waals surface area (Å²) in [6.07, 6.45) is 2.33. The first-order valence-corrected chi connectivity index (χ1v) is 7.74. The van der Waals surface area contributed by atoms with Crippen molar-refractivity contribution in [1.29, 1.82) is 0 Å². The number of hydrogen-bond acceptors (Lipinski definition) is 4. The maximum absolute atomic E-state index is 11.9. The second kappa shape index (κ2) is 8.50. The minimum atomic E-state index is -0.140. The summed E-state index contributed by atoms with van der Waals surface area (Å²) in [6, 6.07) is 9.12. The van der Waals surface area contributed by atoms with Gasteiger partial charge in [0.05, 0.1) is 5.56 Å². The van der Waals surface area contributed by atoms with Crippen LogP contribution in [0.15, 0.2) is 36.5 Å². The van der Waals surface area contributed by atoms with Gasteiger partial charge in [-0.2, -0.15) is 0 Å². The van der Waals surface area contributed by atoms with Crippen LogP contribution in [-0.4, -0.2) is 31.2 Å². The first kappa shape index (κ1) is 17.2. The predicted octanol–water partition coefficient (Wildman–Crippen LogP) is 3.55. The molecule has 2 aromatic rings. The van der Waals surface area contributed by atoms with Crippen LogP contribution in [0.25, 0.3) is 0 Å². The summed E-state index contributed by atoms with van der Waals surface area (Å²) in [4.78, 5) is 16.2. The summed E-state index contributed by atoms with van der Waals surface area (Å²) in [6.45, 7) is 3.19. The lowest BCUT2D eigenvalue weighted by atomic mass is 10.2. The summed E-state index contributed by atoms with van der Waals surface area (Å²) in [5.41, 5.74) is 2.48. The van der Waals surface area contributed by atoms with E-state index in [-0.39, 0.29) is 5.91 Å². The van der Waals surface area contributed by atoms with Gasteiger partial charge in [0.15, 0.2) is 0 Å². The molecule has 23 heavy (non-hydrogen) atoms. The lowest BCUT2D eigenvalue weighted by molar-refractivity contribution is 0.0948. The highest BCUT2D eigenvalue weighted by atomic mass is 35.5. The molecule has 1 aromatic carbocycles. The highest BCUT2D eigenvalue weighted by Gasteiger charge is 2.06. The third-order valence-electron chi connectivity index (χ3n) is 3.30. The molecule has 0 radical (unpaired) electrons. The molecule has 0 aliphatic carbocycles. The van der Waals surface area contributed by atoms with Crippen LogP contribution in [0.5, 0.6) is 0 Å². The lowest BCUT2D eigenvalue weighted by Crippen LogP contribution is -2.25. The molecule has 1 aromatic heterocycles. The number of aryl methyl sites for hydroxylation is 1. The molecule has 0 saturated carbocycles. The number of nitrogens with zero attached hydrogens (tertiary/aromatic N) is 1. The van der Waals surface area contributed by atoms with E-state index < -0.39 is 0 Å². The number of methoxy groups -OCH3 is 1. The van der Waals surface area contributed by atoms with E-state index in [2.05, 4.69) is 15.6 Å². The maximum Gasteiger partial charge on any atom is 0.252 e. The van der Waals surface area contributed by atoms with Gasteiger partial charge in [0.1, 0.15) is 5.82 Å². The number of anilines is 2. The fourth-order valence-electron chi connectivity index (χ4n) is 1.99. The molecule has 0 atom stereocenters. The first-order valence-electron chi connectivity index (χ1n) is 7.36. The molecule has 0 unspecified atom stereocenters. The second-order valence-electron chi connectivity index (χ2n) is 5.12. The van der Waals surface area contributed by atoms with Gasteiger partial charge in [0, 0.05) is 37.2 Å². The molecule has 0 saturated heterocycles. The van der Waals surface area contributed by atoms with Crippen LogP contribution in [-0.2, 0) is 4.74 Å². The molecule has 0 aliphatic heterocycles. The number of aromatic nitrogens is 1. The Morgan fingerprint density at radius 1 is 1.30 bits per heavy atom. The van der Waals surface area contributed by atoms with Gasteiger partial charge in [-0.25, -0.2) is 4.98 Å². The summed E-state index contributed by atoms with van der Waals surface area (Å²) in [5, 5.41) is 6.68. The Bertz CT molecular complexity index is 659. The number of carbonyl (C=O) groups is 1. The van der Waals surface area contributed by atoms with Crippen LogP contribution in [0.4, 0.5) is 11.5 Å². The molecule has 6 heteroatoms. The number of pyridine rings is 1. The zero-order chi connectivity index (χ0) is 16.7. The van der Waals surface area contributed by atoms with Crippen LogP contribution in [0.2, 0.25) is 5.02 Å². The molecule has 1 amide bonds. The first-order chi connectivity index (χ1) is 11.1. The lowest BCUT2D eigenvalue weighted by Gasteiger charge is -2.10. The Balaban J connectivity index is 1.96. The van der Waals surface area contributed by atoms with Crippen molar-refractivity contribution in [3.8, 4) is 0 Å². The number of carbonyl (C=O) groups excluding carboxylic acids is 1. The fraction of sp³-hybridized carbons (Fsp3) is 0.294. The standard InChI is InChI=1S/C17H20ClN3O2/c1-12-4-6-14(18)10-15(12)21-16-7-5-13(11-20-16)17(22)19-8-3-9-23-2/h4-7,10-11H,3,8-9H2,1-2H3,(H,19,22)(H,20,21). The van der Waals surface area contributed by atoms with Crippen molar-refractivity contribution in [2.24, 2.45) is 0 Å². The number of amides is 1. The smallest absolute Gasteiger partial charge is 0.252 e. The number of hydrogen-bond donors (Lipinski definition) is 2. The topological polar surface area (TPSA) is 63.2 Å². The third kappa shape index (κ3) is 5.23. The van der Waals surface area contributed by atoms with Gasteiger partial charge in [0.25, 0.3) is 5.91 Å². The summed E-state index contributed by atoms with van der Waals surface area (Å²) in [5.74, 6) is 0.519. The minimum Gasteiger partial charge on any atom is -0.385 e. The molecule has 5 nitrogen and oxygen atoms in total. The highest BCUT2D eigenvalue weighted by Crippen LogP contribution is 2.23. The molecule has 2 rings (SSSR count). The van der Waals surface area contributed by atoms with Gasteiger partial charge >= 0.3 is 0 Å². The SMILES string of the molecule is COCCCNC(=O)c1ccc(Nc2cc(Cl)ccc2C)nc1. The molecule has 0 fully saturated rings. The van der Waals surface area contributed by atoms with Crippen molar-refractivity contribution in [3.05, 3.63) is 52.7 Å². The van der Waals surface area contributed by atoms with E-state index in [9.17, 15) is 4.79 Å².